The summed E-state index contributed by atoms with van der Waals surface area (Å²) in [6.07, 6.45) is 0. The number of rotatable bonds is 6. The maximum atomic E-state index is 13.5. The highest BCUT2D eigenvalue weighted by Gasteiger charge is 2.48. The summed E-state index contributed by atoms with van der Waals surface area (Å²) in [7, 11) is -7.45. The Bertz CT molecular complexity index is 2600. The van der Waals surface area contributed by atoms with Crippen LogP contribution in [0.2, 0.25) is 0 Å². The Labute approximate surface area is 308 Å². The second kappa shape index (κ2) is 12.6. The molecule has 0 aliphatic carbocycles. The number of anilines is 3. The standard InChI is InChI=1S/C34H30N10O8S2/c1-51-31-37-29-35-22-14-16-23(26(18-22)54(48,49)50)27-28(36-30-38-32(52-2)44-34(27,42-30)40-21-11-7-4-8-12-21)24-15-13-19(17-25(24)53(45,46)47)33(41-29,43-31)39-20-9-5-3-6-10-20/h3-18,39-40H,1-2H3,(H,45,46,47)(H,48,49,50)(H2,35,37,41,43)(H2,36,38,42,44). The highest BCUT2D eigenvalue weighted by molar-refractivity contribution is 7.86. The summed E-state index contributed by atoms with van der Waals surface area (Å²) >= 11 is 0. The lowest BCUT2D eigenvalue weighted by atomic mass is 9.90. The van der Waals surface area contributed by atoms with E-state index in [0.29, 0.717) is 11.4 Å². The van der Waals surface area contributed by atoms with Crippen LogP contribution in [0.15, 0.2) is 127 Å². The van der Waals surface area contributed by atoms with Gasteiger partial charge in [-0.15, -0.1) is 0 Å². The third-order valence-electron chi connectivity index (χ3n) is 8.66. The molecule has 0 amide bonds. The van der Waals surface area contributed by atoms with Crippen molar-refractivity contribution in [3.05, 3.63) is 114 Å². The molecule has 0 spiro atoms. The number of amidine groups is 2. The molecule has 4 aromatic carbocycles. The molecule has 11 rings (SSSR count). The number of aliphatic imine (C=N–C) groups is 4. The summed E-state index contributed by atoms with van der Waals surface area (Å²) in [6.45, 7) is 0. The molecule has 7 heterocycles. The number of hydrogen-bond donors (Lipinski definition) is 8. The Morgan fingerprint density at radius 1 is 0.593 bits per heavy atom. The van der Waals surface area contributed by atoms with Crippen LogP contribution >= 0.6 is 0 Å². The van der Waals surface area contributed by atoms with E-state index in [4.69, 9.17) is 24.5 Å². The van der Waals surface area contributed by atoms with E-state index in [2.05, 4.69) is 36.9 Å². The van der Waals surface area contributed by atoms with Gasteiger partial charge in [-0.3, -0.25) is 19.7 Å². The van der Waals surface area contributed by atoms with Crippen LogP contribution in [0.4, 0.5) is 17.1 Å². The molecule has 4 aromatic rings. The highest BCUT2D eigenvalue weighted by atomic mass is 32.2. The van der Waals surface area contributed by atoms with Crippen LogP contribution in [-0.2, 0) is 35.5 Å². The fourth-order valence-corrected chi connectivity index (χ4v) is 7.87. The van der Waals surface area contributed by atoms with Gasteiger partial charge in [0.15, 0.2) is 0 Å². The Kier molecular flexibility index (Phi) is 8.06. The Morgan fingerprint density at radius 2 is 1.11 bits per heavy atom. The molecule has 8 N–H and O–H groups in total. The second-order valence-electron chi connectivity index (χ2n) is 12.1. The van der Waals surface area contributed by atoms with Crippen molar-refractivity contribution in [2.24, 2.45) is 20.0 Å². The molecular formula is C34H30N10O8S2. The van der Waals surface area contributed by atoms with E-state index >= 15 is 0 Å². The predicted octanol–water partition coefficient (Wildman–Crippen LogP) is 2.99. The first-order valence-electron chi connectivity index (χ1n) is 16.0. The van der Waals surface area contributed by atoms with Crippen molar-refractivity contribution >= 4 is 72.5 Å². The molecule has 8 bridgehead atoms. The minimum absolute atomic E-state index is 0.0164. The minimum atomic E-state index is -5.10. The molecule has 0 saturated heterocycles. The number of benzene rings is 4. The minimum Gasteiger partial charge on any atom is -0.468 e. The molecule has 2 atom stereocenters. The first kappa shape index (κ1) is 34.6. The van der Waals surface area contributed by atoms with Gasteiger partial charge in [0.2, 0.25) is 11.9 Å². The maximum Gasteiger partial charge on any atom is 0.295 e. The summed E-state index contributed by atoms with van der Waals surface area (Å²) in [5.74, 6) is -3.81. The zero-order valence-corrected chi connectivity index (χ0v) is 29.8. The van der Waals surface area contributed by atoms with E-state index in [-0.39, 0.29) is 57.6 Å². The SMILES string of the molecule is COC1=NC2(Nc3ccccc3)N=C(N1)NC1=C2c2ccc(cc2S(=O)(=O)O)NC2=NC(Nc3ccccc3)(N=C(OC)N2)c2ccc1c(S(=O)(=O)O)c2. The molecule has 20 heteroatoms. The van der Waals surface area contributed by atoms with Crippen LogP contribution in [0.1, 0.15) is 16.7 Å². The molecule has 276 valence electrons. The number of guanidine groups is 2. The molecule has 0 saturated carbocycles. The van der Waals surface area contributed by atoms with E-state index in [9.17, 15) is 25.9 Å². The highest BCUT2D eigenvalue weighted by Crippen LogP contribution is 2.46. The quantitative estimate of drug-likeness (QED) is 0.131. The van der Waals surface area contributed by atoms with Crippen molar-refractivity contribution in [2.45, 2.75) is 21.4 Å². The fourth-order valence-electron chi connectivity index (χ4n) is 6.42. The smallest absolute Gasteiger partial charge is 0.295 e. The molecule has 2 unspecified atom stereocenters. The van der Waals surface area contributed by atoms with Crippen molar-refractivity contribution in [3.63, 3.8) is 0 Å². The van der Waals surface area contributed by atoms with Crippen molar-refractivity contribution in [2.75, 3.05) is 30.2 Å². The molecule has 0 aromatic heterocycles. The van der Waals surface area contributed by atoms with Gasteiger partial charge >= 0.3 is 0 Å². The zero-order valence-electron chi connectivity index (χ0n) is 28.2. The Morgan fingerprint density at radius 3 is 1.70 bits per heavy atom. The van der Waals surface area contributed by atoms with Gasteiger partial charge in [0, 0.05) is 33.8 Å². The van der Waals surface area contributed by atoms with Gasteiger partial charge in [0.05, 0.1) is 25.5 Å². The summed E-state index contributed by atoms with van der Waals surface area (Å²) in [4.78, 5) is 17.7. The zero-order chi connectivity index (χ0) is 37.9. The van der Waals surface area contributed by atoms with E-state index in [1.807, 2.05) is 0 Å². The average molecular weight is 771 g/mol. The average Bonchev–Trinajstić information content (AvgIpc) is 3.14. The summed E-state index contributed by atoms with van der Waals surface area (Å²) in [5.41, 5.74) is 0.903. The van der Waals surface area contributed by atoms with Crippen LogP contribution < -0.4 is 31.9 Å². The van der Waals surface area contributed by atoms with Crippen LogP contribution in [-0.4, -0.2) is 69.9 Å². The van der Waals surface area contributed by atoms with Gasteiger partial charge in [-0.2, -0.15) is 36.8 Å². The van der Waals surface area contributed by atoms with Crippen molar-refractivity contribution < 1.29 is 35.4 Å². The van der Waals surface area contributed by atoms with Gasteiger partial charge in [-0.1, -0.05) is 54.6 Å². The monoisotopic (exact) mass is 770 g/mol. The molecule has 0 radical (unpaired) electrons. The van der Waals surface area contributed by atoms with Crippen LogP contribution in [0.25, 0.3) is 11.3 Å². The van der Waals surface area contributed by atoms with Crippen LogP contribution in [0.5, 0.6) is 0 Å². The fraction of sp³-hybridized carbons (Fsp3) is 0.118. The first-order chi connectivity index (χ1) is 25.8. The maximum absolute atomic E-state index is 13.5. The van der Waals surface area contributed by atoms with Gasteiger partial charge < -0.3 is 30.7 Å². The molecule has 0 fully saturated rings. The number of para-hydroxylation sites is 2. The lowest BCUT2D eigenvalue weighted by Crippen LogP contribution is -2.55. The molecule has 54 heavy (non-hydrogen) atoms. The second-order valence-corrected chi connectivity index (χ2v) is 14.9. The van der Waals surface area contributed by atoms with E-state index in [1.165, 1.54) is 50.6 Å². The predicted molar refractivity (Wildman–Crippen MR) is 201 cm³/mol. The number of methoxy groups -OCH3 is 2. The van der Waals surface area contributed by atoms with Crippen molar-refractivity contribution in [1.29, 1.82) is 0 Å². The summed E-state index contributed by atoms with van der Waals surface area (Å²) in [6, 6.07) is 25.6. The number of hydrogen-bond acceptors (Lipinski definition) is 16. The molecular weight excluding hydrogens is 741 g/mol. The van der Waals surface area contributed by atoms with E-state index < -0.39 is 41.6 Å². The Balaban J connectivity index is 1.51. The van der Waals surface area contributed by atoms with Crippen molar-refractivity contribution in [3.8, 4) is 0 Å². The molecule has 7 aliphatic rings. The molecule has 18 nitrogen and oxygen atoms in total. The molecule has 7 aliphatic heterocycles. The van der Waals surface area contributed by atoms with Crippen molar-refractivity contribution in [1.82, 2.24) is 16.0 Å². The number of nitrogens with zero attached hydrogens (tertiary/aromatic N) is 4. The largest absolute Gasteiger partial charge is 0.468 e. The number of fused-ring (bicyclic) bond motifs is 1. The summed E-state index contributed by atoms with van der Waals surface area (Å²) in [5, 5.41) is 18.3. The van der Waals surface area contributed by atoms with Gasteiger partial charge in [-0.05, 0) is 42.5 Å². The summed E-state index contributed by atoms with van der Waals surface area (Å²) < 4.78 is 86.4. The lowest BCUT2D eigenvalue weighted by Gasteiger charge is -2.40. The first-order valence-corrected chi connectivity index (χ1v) is 18.9. The third kappa shape index (κ3) is 6.11. The normalized spacial score (nSPS) is 21.3. The van der Waals surface area contributed by atoms with Gasteiger partial charge in [-0.25, -0.2) is 0 Å². The van der Waals surface area contributed by atoms with E-state index in [0.717, 1.165) is 0 Å². The van der Waals surface area contributed by atoms with Gasteiger partial charge in [0.25, 0.3) is 43.9 Å². The topological polar surface area (TPSA) is 249 Å². The van der Waals surface area contributed by atoms with Crippen LogP contribution in [0.3, 0.4) is 0 Å². The number of nitrogens with one attached hydrogen (secondary N) is 6. The lowest BCUT2D eigenvalue weighted by molar-refractivity contribution is 0.368. The van der Waals surface area contributed by atoms with Gasteiger partial charge in [0.1, 0.15) is 9.79 Å². The van der Waals surface area contributed by atoms with E-state index in [1.54, 1.807) is 60.7 Å². The third-order valence-corrected chi connectivity index (χ3v) is 10.4. The van der Waals surface area contributed by atoms with Crippen LogP contribution in [0, 0.1) is 0 Å². The number of ether oxygens (including phenoxy) is 2. The Hall–Kier alpha value is -6.48.